The van der Waals surface area contributed by atoms with Crippen LogP contribution >= 0.6 is 27.5 Å². The van der Waals surface area contributed by atoms with Crippen molar-refractivity contribution in [2.24, 2.45) is 11.8 Å². The Hall–Kier alpha value is -1.27. The number of benzene rings is 2. The predicted molar refractivity (Wildman–Crippen MR) is 130 cm³/mol. The summed E-state index contributed by atoms with van der Waals surface area (Å²) in [4.78, 5) is 0. The van der Waals surface area contributed by atoms with E-state index in [-0.39, 0.29) is 5.54 Å². The smallest absolute Gasteiger partial charge is 0.175 e. The lowest BCUT2D eigenvalue weighted by atomic mass is 9.51. The standard InChI is InChI=1S/C26H31BrClNO3/c1-2-31-23-9-18(8-22(27)24(23)32-15-17-3-5-21(28)6-4-17)14-29-25-10-19-7-20(11-25)13-26(30,12-19)16-25/h3-6,8-9,19-20,29-30H,2,7,10-16H2,1H3. The second kappa shape index (κ2) is 8.83. The normalized spacial score (nSPS) is 30.5. The molecule has 4 bridgehead atoms. The Balaban J connectivity index is 1.30. The molecule has 4 aliphatic carbocycles. The summed E-state index contributed by atoms with van der Waals surface area (Å²) in [5.74, 6) is 2.80. The molecule has 0 aromatic heterocycles. The Kier molecular flexibility index (Phi) is 6.21. The molecule has 0 spiro atoms. The van der Waals surface area contributed by atoms with Crippen molar-refractivity contribution in [3.63, 3.8) is 0 Å². The van der Waals surface area contributed by atoms with Crippen molar-refractivity contribution in [1.82, 2.24) is 5.32 Å². The van der Waals surface area contributed by atoms with Gasteiger partial charge in [-0.3, -0.25) is 0 Å². The highest BCUT2D eigenvalue weighted by Crippen LogP contribution is 2.57. The van der Waals surface area contributed by atoms with Crippen LogP contribution in [0.4, 0.5) is 0 Å². The van der Waals surface area contributed by atoms with Gasteiger partial charge in [-0.2, -0.15) is 0 Å². The van der Waals surface area contributed by atoms with Crippen LogP contribution < -0.4 is 14.8 Å². The quantitative estimate of drug-likeness (QED) is 0.432. The topological polar surface area (TPSA) is 50.7 Å². The number of nitrogens with one attached hydrogen (secondary N) is 1. The summed E-state index contributed by atoms with van der Waals surface area (Å²) in [7, 11) is 0. The van der Waals surface area contributed by atoms with Gasteiger partial charge in [-0.1, -0.05) is 23.7 Å². The van der Waals surface area contributed by atoms with Crippen molar-refractivity contribution >= 4 is 27.5 Å². The third kappa shape index (κ3) is 4.68. The molecule has 2 aromatic carbocycles. The zero-order valence-corrected chi connectivity index (χ0v) is 20.8. The van der Waals surface area contributed by atoms with Gasteiger partial charge in [-0.25, -0.2) is 0 Å². The van der Waals surface area contributed by atoms with Crippen molar-refractivity contribution < 1.29 is 14.6 Å². The molecule has 4 nitrogen and oxygen atoms in total. The Morgan fingerprint density at radius 3 is 2.44 bits per heavy atom. The molecule has 32 heavy (non-hydrogen) atoms. The van der Waals surface area contributed by atoms with E-state index >= 15 is 0 Å². The van der Waals surface area contributed by atoms with E-state index in [0.717, 1.165) is 52.9 Å². The van der Waals surface area contributed by atoms with Crippen LogP contribution in [0.5, 0.6) is 11.5 Å². The molecule has 0 heterocycles. The van der Waals surface area contributed by atoms with Crippen LogP contribution in [0.25, 0.3) is 0 Å². The molecule has 6 heteroatoms. The van der Waals surface area contributed by atoms with Gasteiger partial charge in [0.15, 0.2) is 11.5 Å². The number of ether oxygens (including phenoxy) is 2. The molecular formula is C26H31BrClNO3. The summed E-state index contributed by atoms with van der Waals surface area (Å²) in [6.45, 7) is 3.75. The van der Waals surface area contributed by atoms with Crippen molar-refractivity contribution in [2.75, 3.05) is 6.61 Å². The summed E-state index contributed by atoms with van der Waals surface area (Å²) in [5.41, 5.74) is 1.82. The maximum absolute atomic E-state index is 11.0. The van der Waals surface area contributed by atoms with Gasteiger partial charge < -0.3 is 19.9 Å². The number of aliphatic hydroxyl groups is 1. The molecule has 2 atom stereocenters. The van der Waals surface area contributed by atoms with Crippen molar-refractivity contribution in [3.8, 4) is 11.5 Å². The third-order valence-electron chi connectivity index (χ3n) is 7.36. The van der Waals surface area contributed by atoms with Crippen LogP contribution in [0.1, 0.15) is 56.6 Å². The maximum Gasteiger partial charge on any atom is 0.175 e. The number of halogens is 2. The van der Waals surface area contributed by atoms with Gasteiger partial charge >= 0.3 is 0 Å². The summed E-state index contributed by atoms with van der Waals surface area (Å²) >= 11 is 9.69. The van der Waals surface area contributed by atoms with E-state index in [1.807, 2.05) is 31.2 Å². The molecule has 4 fully saturated rings. The molecule has 172 valence electrons. The molecule has 0 aliphatic heterocycles. The SMILES string of the molecule is CCOc1cc(CNC23CC4CC(CC(O)(C4)C2)C3)cc(Br)c1OCc1ccc(Cl)cc1. The fourth-order valence-electron chi connectivity index (χ4n) is 6.57. The summed E-state index contributed by atoms with van der Waals surface area (Å²) in [6.07, 6.45) is 6.54. The number of rotatable bonds is 8. The fraction of sp³-hybridized carbons (Fsp3) is 0.538. The van der Waals surface area contributed by atoms with E-state index in [0.29, 0.717) is 30.1 Å². The lowest BCUT2D eigenvalue weighted by Crippen LogP contribution is -2.64. The third-order valence-corrected chi connectivity index (χ3v) is 8.20. The van der Waals surface area contributed by atoms with E-state index in [1.165, 1.54) is 19.3 Å². The minimum Gasteiger partial charge on any atom is -0.490 e. The monoisotopic (exact) mass is 519 g/mol. The summed E-state index contributed by atoms with van der Waals surface area (Å²) in [5, 5.41) is 15.6. The molecule has 2 unspecified atom stereocenters. The van der Waals surface area contributed by atoms with Gasteiger partial charge in [-0.15, -0.1) is 0 Å². The van der Waals surface area contributed by atoms with E-state index in [1.54, 1.807) is 0 Å². The summed E-state index contributed by atoms with van der Waals surface area (Å²) in [6, 6.07) is 11.9. The highest BCUT2D eigenvalue weighted by Gasteiger charge is 2.56. The Morgan fingerprint density at radius 1 is 1.06 bits per heavy atom. The van der Waals surface area contributed by atoms with Gasteiger partial charge in [0, 0.05) is 17.1 Å². The number of hydrogen-bond donors (Lipinski definition) is 2. The highest BCUT2D eigenvalue weighted by atomic mass is 79.9. The first-order valence-corrected chi connectivity index (χ1v) is 12.8. The van der Waals surface area contributed by atoms with Crippen molar-refractivity contribution in [3.05, 3.63) is 57.0 Å². The van der Waals surface area contributed by atoms with Crippen LogP contribution in [-0.2, 0) is 13.2 Å². The summed E-state index contributed by atoms with van der Waals surface area (Å²) < 4.78 is 12.9. The van der Waals surface area contributed by atoms with E-state index in [4.69, 9.17) is 21.1 Å². The van der Waals surface area contributed by atoms with Crippen LogP contribution in [0, 0.1) is 11.8 Å². The molecule has 0 saturated heterocycles. The minimum atomic E-state index is -0.451. The average Bonchev–Trinajstić information content (AvgIpc) is 2.71. The number of hydrogen-bond acceptors (Lipinski definition) is 4. The van der Waals surface area contributed by atoms with E-state index < -0.39 is 5.60 Å². The average molecular weight is 521 g/mol. The first kappa shape index (κ1) is 22.5. The van der Waals surface area contributed by atoms with Crippen LogP contribution in [-0.4, -0.2) is 22.9 Å². The van der Waals surface area contributed by atoms with Gasteiger partial charge in [0.25, 0.3) is 0 Å². The Labute approximate surface area is 203 Å². The highest BCUT2D eigenvalue weighted by molar-refractivity contribution is 9.10. The van der Waals surface area contributed by atoms with Crippen LogP contribution in [0.3, 0.4) is 0 Å². The van der Waals surface area contributed by atoms with Crippen LogP contribution in [0.15, 0.2) is 40.9 Å². The lowest BCUT2D eigenvalue weighted by Gasteiger charge is -2.60. The molecule has 0 radical (unpaired) electrons. The van der Waals surface area contributed by atoms with Crippen LogP contribution in [0.2, 0.25) is 5.02 Å². The van der Waals surface area contributed by atoms with E-state index in [9.17, 15) is 5.11 Å². The van der Waals surface area contributed by atoms with Crippen molar-refractivity contribution in [2.45, 2.75) is 69.7 Å². The first-order chi connectivity index (χ1) is 15.4. The lowest BCUT2D eigenvalue weighted by molar-refractivity contribution is -0.142. The second-order valence-corrected chi connectivity index (χ2v) is 11.4. The van der Waals surface area contributed by atoms with E-state index in [2.05, 4.69) is 33.4 Å². The predicted octanol–water partition coefficient (Wildman–Crippen LogP) is 6.25. The molecular weight excluding hydrogens is 490 g/mol. The molecule has 4 aliphatic rings. The zero-order chi connectivity index (χ0) is 22.3. The van der Waals surface area contributed by atoms with Crippen molar-refractivity contribution in [1.29, 1.82) is 0 Å². The maximum atomic E-state index is 11.0. The minimum absolute atomic E-state index is 0.0703. The molecule has 2 N–H and O–H groups in total. The molecule has 0 amide bonds. The Morgan fingerprint density at radius 2 is 1.78 bits per heavy atom. The Bertz CT molecular complexity index is 966. The van der Waals surface area contributed by atoms with Gasteiger partial charge in [0.1, 0.15) is 6.61 Å². The molecule has 6 rings (SSSR count). The fourth-order valence-corrected chi connectivity index (χ4v) is 7.30. The second-order valence-electron chi connectivity index (χ2n) is 10.1. The van der Waals surface area contributed by atoms with Gasteiger partial charge in [0.05, 0.1) is 16.7 Å². The van der Waals surface area contributed by atoms with Gasteiger partial charge in [-0.05, 0) is 109 Å². The largest absolute Gasteiger partial charge is 0.490 e. The van der Waals surface area contributed by atoms with Gasteiger partial charge in [0.2, 0.25) is 0 Å². The first-order valence-electron chi connectivity index (χ1n) is 11.7. The molecule has 4 saturated carbocycles. The zero-order valence-electron chi connectivity index (χ0n) is 18.5. The molecule has 2 aromatic rings.